The number of aliphatic hydroxyl groups excluding tert-OH is 1. The largest absolute Gasteiger partial charge is 0.497 e. The first-order valence-corrected chi connectivity index (χ1v) is 8.55. The molecule has 1 N–H and O–H groups in total. The standard InChI is InChI=1S/C22H23NO3/c1-15-13-16(2)23-22(26-14-17-7-5-4-6-8-17)20(15)21(24)18-9-11-19(25-3)12-10-18/h4-13,21,24H,14H2,1-3H3. The molecule has 0 spiro atoms. The molecule has 134 valence electrons. The van der Waals surface area contributed by atoms with E-state index in [-0.39, 0.29) is 0 Å². The van der Waals surface area contributed by atoms with E-state index in [1.54, 1.807) is 7.11 Å². The van der Waals surface area contributed by atoms with Crippen molar-refractivity contribution in [1.82, 2.24) is 4.98 Å². The lowest BCUT2D eigenvalue weighted by molar-refractivity contribution is 0.205. The maximum atomic E-state index is 10.9. The van der Waals surface area contributed by atoms with E-state index in [4.69, 9.17) is 9.47 Å². The lowest BCUT2D eigenvalue weighted by atomic mass is 9.98. The molecule has 0 aliphatic rings. The third-order valence-corrected chi connectivity index (χ3v) is 4.28. The van der Waals surface area contributed by atoms with Crippen molar-refractivity contribution in [2.75, 3.05) is 7.11 Å². The van der Waals surface area contributed by atoms with Crippen LogP contribution in [0.3, 0.4) is 0 Å². The van der Waals surface area contributed by atoms with Gasteiger partial charge in [0.2, 0.25) is 5.88 Å². The molecule has 3 rings (SSSR count). The molecule has 0 amide bonds. The molecule has 0 fully saturated rings. The Balaban J connectivity index is 1.91. The molecule has 3 aromatic rings. The molecule has 0 aliphatic heterocycles. The van der Waals surface area contributed by atoms with Gasteiger partial charge in [0.15, 0.2) is 0 Å². The number of rotatable bonds is 6. The minimum absolute atomic E-state index is 0.402. The maximum Gasteiger partial charge on any atom is 0.220 e. The molecule has 1 atom stereocenters. The SMILES string of the molecule is COc1ccc(C(O)c2c(C)cc(C)nc2OCc2ccccc2)cc1. The zero-order chi connectivity index (χ0) is 18.5. The minimum Gasteiger partial charge on any atom is -0.497 e. The van der Waals surface area contributed by atoms with Gasteiger partial charge in [-0.25, -0.2) is 4.98 Å². The average molecular weight is 349 g/mol. The Morgan fingerprint density at radius 2 is 1.69 bits per heavy atom. The van der Waals surface area contributed by atoms with Crippen molar-refractivity contribution in [3.63, 3.8) is 0 Å². The first kappa shape index (κ1) is 18.0. The maximum absolute atomic E-state index is 10.9. The Kier molecular flexibility index (Phi) is 5.54. The third-order valence-electron chi connectivity index (χ3n) is 4.28. The Hall–Kier alpha value is -2.85. The molecule has 0 bridgehead atoms. The second-order valence-electron chi connectivity index (χ2n) is 6.25. The number of nitrogens with zero attached hydrogens (tertiary/aromatic N) is 1. The van der Waals surface area contributed by atoms with Gasteiger partial charge < -0.3 is 14.6 Å². The van der Waals surface area contributed by atoms with Crippen LogP contribution in [0.2, 0.25) is 0 Å². The molecule has 0 aliphatic carbocycles. The van der Waals surface area contributed by atoms with E-state index in [1.807, 2.05) is 74.5 Å². The molecule has 4 nitrogen and oxygen atoms in total. The van der Waals surface area contributed by atoms with Crippen LogP contribution in [0.15, 0.2) is 60.7 Å². The van der Waals surface area contributed by atoms with Gasteiger partial charge in [0.1, 0.15) is 18.5 Å². The molecule has 2 aromatic carbocycles. The van der Waals surface area contributed by atoms with E-state index < -0.39 is 6.10 Å². The van der Waals surface area contributed by atoms with E-state index in [1.165, 1.54) is 0 Å². The first-order chi connectivity index (χ1) is 12.6. The number of ether oxygens (including phenoxy) is 2. The zero-order valence-corrected chi connectivity index (χ0v) is 15.3. The lowest BCUT2D eigenvalue weighted by Gasteiger charge is -2.19. The van der Waals surface area contributed by atoms with Gasteiger partial charge in [-0.05, 0) is 48.7 Å². The molecule has 0 radical (unpaired) electrons. The highest BCUT2D eigenvalue weighted by Crippen LogP contribution is 2.33. The molecule has 1 heterocycles. The highest BCUT2D eigenvalue weighted by molar-refractivity contribution is 5.43. The second kappa shape index (κ2) is 8.02. The van der Waals surface area contributed by atoms with Crippen LogP contribution in [0, 0.1) is 13.8 Å². The van der Waals surface area contributed by atoms with E-state index in [0.717, 1.165) is 28.1 Å². The van der Waals surface area contributed by atoms with Gasteiger partial charge in [0.25, 0.3) is 0 Å². The molecule has 1 aromatic heterocycles. The number of pyridine rings is 1. The fourth-order valence-electron chi connectivity index (χ4n) is 2.93. The van der Waals surface area contributed by atoms with Gasteiger partial charge in [0, 0.05) is 5.69 Å². The summed E-state index contributed by atoms with van der Waals surface area (Å²) >= 11 is 0. The van der Waals surface area contributed by atoms with E-state index in [9.17, 15) is 5.11 Å². The Morgan fingerprint density at radius 1 is 1.00 bits per heavy atom. The number of hydrogen-bond acceptors (Lipinski definition) is 4. The quantitative estimate of drug-likeness (QED) is 0.718. The van der Waals surface area contributed by atoms with Crippen LogP contribution in [0.4, 0.5) is 0 Å². The summed E-state index contributed by atoms with van der Waals surface area (Å²) in [6.07, 6.45) is -0.820. The van der Waals surface area contributed by atoms with Crippen molar-refractivity contribution >= 4 is 0 Å². The normalized spacial score (nSPS) is 11.8. The Labute approximate surface area is 154 Å². The highest BCUT2D eigenvalue weighted by atomic mass is 16.5. The molecular weight excluding hydrogens is 326 g/mol. The number of aromatic nitrogens is 1. The number of benzene rings is 2. The Morgan fingerprint density at radius 3 is 2.35 bits per heavy atom. The summed E-state index contributed by atoms with van der Waals surface area (Å²) in [5.41, 5.74) is 4.32. The lowest BCUT2D eigenvalue weighted by Crippen LogP contribution is -2.09. The molecule has 4 heteroatoms. The number of methoxy groups -OCH3 is 1. The van der Waals surface area contributed by atoms with Crippen LogP contribution in [0.25, 0.3) is 0 Å². The average Bonchev–Trinajstić information content (AvgIpc) is 2.66. The molecule has 26 heavy (non-hydrogen) atoms. The summed E-state index contributed by atoms with van der Waals surface area (Å²) < 4.78 is 11.2. The summed E-state index contributed by atoms with van der Waals surface area (Å²) in [5.74, 6) is 1.22. The van der Waals surface area contributed by atoms with E-state index in [0.29, 0.717) is 18.1 Å². The topological polar surface area (TPSA) is 51.6 Å². The molecule has 1 unspecified atom stereocenters. The number of aliphatic hydroxyl groups is 1. The first-order valence-electron chi connectivity index (χ1n) is 8.55. The van der Waals surface area contributed by atoms with Gasteiger partial charge in [-0.1, -0.05) is 42.5 Å². The number of aryl methyl sites for hydroxylation is 2. The Bertz CT molecular complexity index is 861. The van der Waals surface area contributed by atoms with Crippen LogP contribution in [0.1, 0.15) is 34.1 Å². The van der Waals surface area contributed by atoms with Gasteiger partial charge in [-0.15, -0.1) is 0 Å². The summed E-state index contributed by atoms with van der Waals surface area (Å²) in [6, 6.07) is 19.2. The monoisotopic (exact) mass is 349 g/mol. The predicted octanol–water partition coefficient (Wildman–Crippen LogP) is 4.37. The van der Waals surface area contributed by atoms with Gasteiger partial charge >= 0.3 is 0 Å². The van der Waals surface area contributed by atoms with Gasteiger partial charge in [-0.2, -0.15) is 0 Å². The van der Waals surface area contributed by atoms with Crippen molar-refractivity contribution in [1.29, 1.82) is 0 Å². The van der Waals surface area contributed by atoms with Gasteiger partial charge in [0.05, 0.1) is 12.7 Å². The predicted molar refractivity (Wildman–Crippen MR) is 102 cm³/mol. The van der Waals surface area contributed by atoms with Crippen LogP contribution in [0.5, 0.6) is 11.6 Å². The zero-order valence-electron chi connectivity index (χ0n) is 15.3. The highest BCUT2D eigenvalue weighted by Gasteiger charge is 2.20. The summed E-state index contributed by atoms with van der Waals surface area (Å²) in [5, 5.41) is 10.9. The van der Waals surface area contributed by atoms with Crippen LogP contribution >= 0.6 is 0 Å². The van der Waals surface area contributed by atoms with Crippen molar-refractivity contribution in [2.45, 2.75) is 26.6 Å². The summed E-state index contributed by atoms with van der Waals surface area (Å²) in [4.78, 5) is 4.52. The minimum atomic E-state index is -0.820. The van der Waals surface area contributed by atoms with Crippen LogP contribution in [-0.4, -0.2) is 17.2 Å². The molecular formula is C22H23NO3. The number of hydrogen-bond donors (Lipinski definition) is 1. The summed E-state index contributed by atoms with van der Waals surface area (Å²) in [7, 11) is 1.62. The third kappa shape index (κ3) is 4.03. The smallest absolute Gasteiger partial charge is 0.220 e. The second-order valence-corrected chi connectivity index (χ2v) is 6.25. The fourth-order valence-corrected chi connectivity index (χ4v) is 2.93. The molecule has 0 saturated heterocycles. The van der Waals surface area contributed by atoms with Crippen molar-refractivity contribution < 1.29 is 14.6 Å². The van der Waals surface area contributed by atoms with Crippen molar-refractivity contribution in [2.24, 2.45) is 0 Å². The van der Waals surface area contributed by atoms with Crippen LogP contribution in [-0.2, 0) is 6.61 Å². The van der Waals surface area contributed by atoms with Gasteiger partial charge in [-0.3, -0.25) is 0 Å². The fraction of sp³-hybridized carbons (Fsp3) is 0.227. The van der Waals surface area contributed by atoms with E-state index in [2.05, 4.69) is 4.98 Å². The van der Waals surface area contributed by atoms with Crippen molar-refractivity contribution in [3.05, 3.63) is 88.6 Å². The molecule has 0 saturated carbocycles. The van der Waals surface area contributed by atoms with E-state index >= 15 is 0 Å². The van der Waals surface area contributed by atoms with Crippen LogP contribution < -0.4 is 9.47 Å². The van der Waals surface area contributed by atoms with Crippen molar-refractivity contribution in [3.8, 4) is 11.6 Å². The summed E-state index contributed by atoms with van der Waals surface area (Å²) in [6.45, 7) is 4.29.